The van der Waals surface area contributed by atoms with E-state index in [1.807, 2.05) is 6.26 Å². The third-order valence-electron chi connectivity index (χ3n) is 7.84. The molecule has 0 aliphatic carbocycles. The maximum atomic E-state index is 11.8. The molecule has 10 heteroatoms. The standard InChI is InChI=1S/C18H36N2O3.C17H33NO3S/c1-2-3-4-5-6-7-8-9-10-14-17(21)20-16(18(22)23)13-11-12-15-19;1-3-4-5-6-7-8-9-10-11-12-16(19)18-15(17(20)21)13-14-22-2/h16H,2-15,19H2,1H3,(H,20,21)(H,22,23);15H,3-14H2,1-2H3,(H,18,19)(H,20,21)/t16-;15-/m00/s1. The van der Waals surface area contributed by atoms with E-state index in [9.17, 15) is 19.2 Å². The summed E-state index contributed by atoms with van der Waals surface area (Å²) < 4.78 is 0. The van der Waals surface area contributed by atoms with E-state index in [2.05, 4.69) is 24.5 Å². The van der Waals surface area contributed by atoms with E-state index in [4.69, 9.17) is 15.9 Å². The summed E-state index contributed by atoms with van der Waals surface area (Å²) in [5.41, 5.74) is 5.40. The van der Waals surface area contributed by atoms with Crippen molar-refractivity contribution in [2.45, 2.75) is 180 Å². The molecule has 0 bridgehead atoms. The molecule has 0 saturated heterocycles. The molecular formula is C35H69N3O6S. The summed E-state index contributed by atoms with van der Waals surface area (Å²) in [6.07, 6.45) is 27.0. The molecule has 0 aromatic carbocycles. The molecule has 9 nitrogen and oxygen atoms in total. The molecule has 0 unspecified atom stereocenters. The summed E-state index contributed by atoms with van der Waals surface area (Å²) in [6.45, 7) is 5.00. The summed E-state index contributed by atoms with van der Waals surface area (Å²) in [5, 5.41) is 23.4. The minimum Gasteiger partial charge on any atom is -0.480 e. The van der Waals surface area contributed by atoms with Crippen LogP contribution in [0.5, 0.6) is 0 Å². The van der Waals surface area contributed by atoms with Gasteiger partial charge >= 0.3 is 11.9 Å². The average molecular weight is 660 g/mol. The molecule has 45 heavy (non-hydrogen) atoms. The Kier molecular flexibility index (Phi) is 35.3. The van der Waals surface area contributed by atoms with Crippen LogP contribution in [0.4, 0.5) is 0 Å². The van der Waals surface area contributed by atoms with Gasteiger partial charge < -0.3 is 26.6 Å². The topological polar surface area (TPSA) is 159 Å². The first kappa shape index (κ1) is 45.3. The van der Waals surface area contributed by atoms with Crippen LogP contribution in [0.1, 0.15) is 168 Å². The monoisotopic (exact) mass is 659 g/mol. The number of aliphatic carboxylic acids is 2. The van der Waals surface area contributed by atoms with E-state index in [0.29, 0.717) is 32.2 Å². The summed E-state index contributed by atoms with van der Waals surface area (Å²) in [7, 11) is 0. The first-order valence-electron chi connectivity index (χ1n) is 18.0. The Morgan fingerprint density at radius 3 is 1.24 bits per heavy atom. The Morgan fingerprint density at radius 2 is 0.911 bits per heavy atom. The number of unbranched alkanes of at least 4 members (excludes halogenated alkanes) is 17. The van der Waals surface area contributed by atoms with Crippen LogP contribution >= 0.6 is 11.8 Å². The van der Waals surface area contributed by atoms with Crippen molar-refractivity contribution in [3.63, 3.8) is 0 Å². The highest BCUT2D eigenvalue weighted by atomic mass is 32.2. The molecule has 6 N–H and O–H groups in total. The van der Waals surface area contributed by atoms with Crippen molar-refractivity contribution >= 4 is 35.5 Å². The zero-order valence-electron chi connectivity index (χ0n) is 29.1. The largest absolute Gasteiger partial charge is 0.480 e. The fourth-order valence-corrected chi connectivity index (χ4v) is 5.44. The lowest BCUT2D eigenvalue weighted by atomic mass is 10.1. The molecule has 0 aromatic heterocycles. The Bertz CT molecular complexity index is 725. The Morgan fingerprint density at radius 1 is 0.556 bits per heavy atom. The van der Waals surface area contributed by atoms with Crippen molar-refractivity contribution in [1.29, 1.82) is 0 Å². The summed E-state index contributed by atoms with van der Waals surface area (Å²) >= 11 is 1.59. The van der Waals surface area contributed by atoms with E-state index in [-0.39, 0.29) is 11.8 Å². The van der Waals surface area contributed by atoms with Gasteiger partial charge in [0.1, 0.15) is 12.1 Å². The molecule has 2 atom stereocenters. The lowest BCUT2D eigenvalue weighted by molar-refractivity contribution is -0.142. The number of nitrogens with two attached hydrogens (primary N) is 1. The number of nitrogens with one attached hydrogen (secondary N) is 2. The second-order valence-electron chi connectivity index (χ2n) is 12.1. The molecule has 0 fully saturated rings. The van der Waals surface area contributed by atoms with Crippen molar-refractivity contribution in [1.82, 2.24) is 10.6 Å². The van der Waals surface area contributed by atoms with Crippen LogP contribution in [-0.2, 0) is 19.2 Å². The average Bonchev–Trinajstić information content (AvgIpc) is 3.01. The van der Waals surface area contributed by atoms with Crippen LogP contribution in [0.15, 0.2) is 0 Å². The number of carbonyl (C=O) groups excluding carboxylic acids is 2. The Hall–Kier alpha value is -1.81. The highest BCUT2D eigenvalue weighted by Gasteiger charge is 2.19. The first-order valence-corrected chi connectivity index (χ1v) is 19.4. The lowest BCUT2D eigenvalue weighted by Gasteiger charge is -2.14. The highest BCUT2D eigenvalue weighted by molar-refractivity contribution is 7.98. The number of amides is 2. The van der Waals surface area contributed by atoms with Crippen LogP contribution in [0.2, 0.25) is 0 Å². The van der Waals surface area contributed by atoms with Gasteiger partial charge in [-0.1, -0.05) is 117 Å². The zero-order valence-corrected chi connectivity index (χ0v) is 29.9. The maximum Gasteiger partial charge on any atom is 0.326 e. The number of carbonyl (C=O) groups is 4. The normalized spacial score (nSPS) is 12.1. The van der Waals surface area contributed by atoms with Crippen molar-refractivity contribution in [2.24, 2.45) is 5.73 Å². The molecule has 0 aromatic rings. The SMILES string of the molecule is CCCCCCCCCCCC(=O)N[C@@H](CCCCN)C(=O)O.CCCCCCCCCCCC(=O)N[C@@H](CCSC)C(=O)O. The number of thioether (sulfide) groups is 1. The fraction of sp³-hybridized carbons (Fsp3) is 0.886. The third kappa shape index (κ3) is 33.4. The second kappa shape index (κ2) is 35.1. The van der Waals surface area contributed by atoms with Crippen LogP contribution in [0.3, 0.4) is 0 Å². The molecular weight excluding hydrogens is 590 g/mol. The molecule has 0 saturated carbocycles. The number of hydrogen-bond acceptors (Lipinski definition) is 6. The van der Waals surface area contributed by atoms with Crippen molar-refractivity contribution in [3.05, 3.63) is 0 Å². The van der Waals surface area contributed by atoms with Crippen LogP contribution < -0.4 is 16.4 Å². The third-order valence-corrected chi connectivity index (χ3v) is 8.48. The van der Waals surface area contributed by atoms with Crippen LogP contribution in [0.25, 0.3) is 0 Å². The molecule has 2 amide bonds. The van der Waals surface area contributed by atoms with Crippen molar-refractivity contribution in [3.8, 4) is 0 Å². The number of carboxylic acid groups (broad SMARTS) is 2. The number of carboxylic acids is 2. The van der Waals surface area contributed by atoms with Gasteiger partial charge in [-0.3, -0.25) is 9.59 Å². The lowest BCUT2D eigenvalue weighted by Crippen LogP contribution is -2.41. The number of rotatable bonds is 31. The van der Waals surface area contributed by atoms with Gasteiger partial charge in [-0.15, -0.1) is 0 Å². The van der Waals surface area contributed by atoms with Gasteiger partial charge in [-0.05, 0) is 57.1 Å². The van der Waals surface area contributed by atoms with Crippen molar-refractivity contribution in [2.75, 3.05) is 18.6 Å². The van der Waals surface area contributed by atoms with E-state index in [1.165, 1.54) is 83.5 Å². The van der Waals surface area contributed by atoms with E-state index in [0.717, 1.165) is 50.7 Å². The molecule has 0 heterocycles. The highest BCUT2D eigenvalue weighted by Crippen LogP contribution is 2.12. The van der Waals surface area contributed by atoms with Gasteiger partial charge in [0.05, 0.1) is 0 Å². The van der Waals surface area contributed by atoms with Crippen molar-refractivity contribution < 1.29 is 29.4 Å². The summed E-state index contributed by atoms with van der Waals surface area (Å²) in [4.78, 5) is 45.7. The predicted octanol–water partition coefficient (Wildman–Crippen LogP) is 7.84. The van der Waals surface area contributed by atoms with Gasteiger partial charge in [-0.2, -0.15) is 11.8 Å². The first-order chi connectivity index (χ1) is 21.7. The van der Waals surface area contributed by atoms with Gasteiger partial charge in [0.25, 0.3) is 0 Å². The minimum absolute atomic E-state index is 0.128. The summed E-state index contributed by atoms with van der Waals surface area (Å²) in [5.74, 6) is -1.42. The quantitative estimate of drug-likeness (QED) is 0.0471. The molecule has 0 aliphatic heterocycles. The molecule has 0 rings (SSSR count). The molecule has 0 spiro atoms. The molecule has 0 aliphatic rings. The molecule has 266 valence electrons. The fourth-order valence-electron chi connectivity index (χ4n) is 4.97. The van der Waals surface area contributed by atoms with Gasteiger partial charge in [0.15, 0.2) is 0 Å². The van der Waals surface area contributed by atoms with Crippen LogP contribution in [0, 0.1) is 0 Å². The van der Waals surface area contributed by atoms with E-state index < -0.39 is 24.0 Å². The maximum absolute atomic E-state index is 11.8. The molecule has 0 radical (unpaired) electrons. The Balaban J connectivity index is 0. The Labute approximate surface area is 279 Å². The van der Waals surface area contributed by atoms with Gasteiger partial charge in [0.2, 0.25) is 11.8 Å². The van der Waals surface area contributed by atoms with E-state index >= 15 is 0 Å². The summed E-state index contributed by atoms with van der Waals surface area (Å²) in [6, 6.07) is -1.51. The van der Waals surface area contributed by atoms with Gasteiger partial charge in [0, 0.05) is 12.8 Å². The van der Waals surface area contributed by atoms with Crippen LogP contribution in [-0.4, -0.2) is 64.6 Å². The zero-order chi connectivity index (χ0) is 34.0. The van der Waals surface area contributed by atoms with Gasteiger partial charge in [-0.25, -0.2) is 9.59 Å². The minimum atomic E-state index is -0.956. The number of hydrogen-bond donors (Lipinski definition) is 5. The predicted molar refractivity (Wildman–Crippen MR) is 189 cm³/mol. The second-order valence-corrected chi connectivity index (χ2v) is 13.1. The van der Waals surface area contributed by atoms with E-state index in [1.54, 1.807) is 11.8 Å². The smallest absolute Gasteiger partial charge is 0.326 e.